The highest BCUT2D eigenvalue weighted by Crippen LogP contribution is 2.28. The van der Waals surface area contributed by atoms with Gasteiger partial charge < -0.3 is 10.2 Å². The third kappa shape index (κ3) is 2.33. The number of likely N-dealkylation sites (tertiary alicyclic amines) is 1. The van der Waals surface area contributed by atoms with Crippen molar-refractivity contribution in [2.75, 3.05) is 13.6 Å². The Bertz CT molecular complexity index is 236. The van der Waals surface area contributed by atoms with Gasteiger partial charge in [-0.1, -0.05) is 12.8 Å². The normalized spacial score (nSPS) is 30.1. The first-order valence-electron chi connectivity index (χ1n) is 6.19. The van der Waals surface area contributed by atoms with Crippen molar-refractivity contribution in [3.63, 3.8) is 0 Å². The molecule has 1 amide bonds. The topological polar surface area (TPSA) is 32.3 Å². The molecule has 1 aliphatic carbocycles. The largest absolute Gasteiger partial charge is 0.344 e. The van der Waals surface area contributed by atoms with Crippen molar-refractivity contribution in [1.82, 2.24) is 10.2 Å². The average Bonchev–Trinajstić information content (AvgIpc) is 2.83. The maximum atomic E-state index is 11.7. The molecule has 2 fully saturated rings. The van der Waals surface area contributed by atoms with Crippen LogP contribution in [0, 0.1) is 5.92 Å². The van der Waals surface area contributed by atoms with Gasteiger partial charge in [-0.2, -0.15) is 0 Å². The highest BCUT2D eigenvalue weighted by atomic mass is 16.2. The van der Waals surface area contributed by atoms with Gasteiger partial charge in [-0.15, -0.1) is 0 Å². The Hall–Kier alpha value is -0.570. The molecule has 0 aromatic carbocycles. The molecule has 1 aliphatic heterocycles. The fourth-order valence-electron chi connectivity index (χ4n) is 2.89. The highest BCUT2D eigenvalue weighted by Gasteiger charge is 2.32. The van der Waals surface area contributed by atoms with Crippen molar-refractivity contribution in [2.45, 2.75) is 51.1 Å². The van der Waals surface area contributed by atoms with E-state index in [-0.39, 0.29) is 11.9 Å². The first-order valence-corrected chi connectivity index (χ1v) is 6.19. The molecule has 0 aromatic heterocycles. The van der Waals surface area contributed by atoms with Gasteiger partial charge in [-0.05, 0) is 32.1 Å². The van der Waals surface area contributed by atoms with Crippen molar-refractivity contribution in [3.8, 4) is 0 Å². The predicted molar refractivity (Wildman–Crippen MR) is 60.6 cm³/mol. The van der Waals surface area contributed by atoms with Gasteiger partial charge in [0, 0.05) is 19.6 Å². The Kier molecular flexibility index (Phi) is 3.29. The Morgan fingerprint density at radius 1 is 1.33 bits per heavy atom. The maximum absolute atomic E-state index is 11.7. The van der Waals surface area contributed by atoms with Gasteiger partial charge >= 0.3 is 0 Å². The van der Waals surface area contributed by atoms with Crippen molar-refractivity contribution < 1.29 is 4.79 Å². The van der Waals surface area contributed by atoms with E-state index in [0.29, 0.717) is 6.04 Å². The molecule has 2 unspecified atom stereocenters. The van der Waals surface area contributed by atoms with Gasteiger partial charge in [-0.3, -0.25) is 4.79 Å². The molecule has 86 valence electrons. The monoisotopic (exact) mass is 210 g/mol. The van der Waals surface area contributed by atoms with Crippen LogP contribution in [0.25, 0.3) is 0 Å². The van der Waals surface area contributed by atoms with Crippen LogP contribution in [0.4, 0.5) is 0 Å². The van der Waals surface area contributed by atoms with E-state index in [1.165, 1.54) is 25.7 Å². The Morgan fingerprint density at radius 2 is 2.00 bits per heavy atom. The van der Waals surface area contributed by atoms with Crippen LogP contribution < -0.4 is 5.32 Å². The fraction of sp³-hybridized carbons (Fsp3) is 0.917. The number of rotatable bonds is 3. The molecular formula is C12H22N2O. The first kappa shape index (κ1) is 10.9. The van der Waals surface area contributed by atoms with Gasteiger partial charge in [0.05, 0.1) is 6.04 Å². The third-order valence-electron chi connectivity index (χ3n) is 4.00. The van der Waals surface area contributed by atoms with Gasteiger partial charge in [-0.25, -0.2) is 0 Å². The van der Waals surface area contributed by atoms with Gasteiger partial charge in [0.2, 0.25) is 5.91 Å². The summed E-state index contributed by atoms with van der Waals surface area (Å²) < 4.78 is 0. The summed E-state index contributed by atoms with van der Waals surface area (Å²) in [6.45, 7) is 3.15. The zero-order valence-electron chi connectivity index (χ0n) is 9.83. The number of nitrogens with zero attached hydrogens (tertiary/aromatic N) is 1. The summed E-state index contributed by atoms with van der Waals surface area (Å²) in [5.74, 6) is 1.07. The number of amides is 1. The highest BCUT2D eigenvalue weighted by molar-refractivity contribution is 5.83. The Balaban J connectivity index is 1.83. The van der Waals surface area contributed by atoms with E-state index in [9.17, 15) is 4.79 Å². The summed E-state index contributed by atoms with van der Waals surface area (Å²) >= 11 is 0. The average molecular weight is 210 g/mol. The maximum Gasteiger partial charge on any atom is 0.239 e. The second-order valence-electron chi connectivity index (χ2n) is 5.10. The second-order valence-corrected chi connectivity index (χ2v) is 5.10. The fourth-order valence-corrected chi connectivity index (χ4v) is 2.89. The van der Waals surface area contributed by atoms with E-state index in [2.05, 4.69) is 12.2 Å². The van der Waals surface area contributed by atoms with Gasteiger partial charge in [0.1, 0.15) is 0 Å². The van der Waals surface area contributed by atoms with Gasteiger partial charge in [0.25, 0.3) is 0 Å². The van der Waals surface area contributed by atoms with Crippen LogP contribution >= 0.6 is 0 Å². The second kappa shape index (κ2) is 4.52. The Morgan fingerprint density at radius 3 is 2.53 bits per heavy atom. The molecule has 2 atom stereocenters. The molecule has 0 spiro atoms. The quantitative estimate of drug-likeness (QED) is 0.763. The molecule has 3 heteroatoms. The van der Waals surface area contributed by atoms with Crippen molar-refractivity contribution in [2.24, 2.45) is 5.92 Å². The predicted octanol–water partition coefficient (Wildman–Crippen LogP) is 1.39. The lowest BCUT2D eigenvalue weighted by Crippen LogP contribution is -2.44. The summed E-state index contributed by atoms with van der Waals surface area (Å²) in [6.07, 6.45) is 6.40. The van der Waals surface area contributed by atoms with Crippen LogP contribution in [0.5, 0.6) is 0 Å². The van der Waals surface area contributed by atoms with Crippen LogP contribution in [0.2, 0.25) is 0 Å². The summed E-state index contributed by atoms with van der Waals surface area (Å²) in [6, 6.07) is 0.596. The summed E-state index contributed by atoms with van der Waals surface area (Å²) in [7, 11) is 1.89. The summed E-state index contributed by atoms with van der Waals surface area (Å²) in [5, 5.41) is 3.51. The standard InChI is InChI=1S/C12H22N2O/c1-9(10-5-3-4-6-10)13-11-7-8-14(2)12(11)15/h9-11,13H,3-8H2,1-2H3. The molecule has 2 aliphatic rings. The van der Waals surface area contributed by atoms with Crippen molar-refractivity contribution >= 4 is 5.91 Å². The van der Waals surface area contributed by atoms with E-state index in [1.807, 2.05) is 11.9 Å². The molecule has 2 rings (SSSR count). The van der Waals surface area contributed by atoms with E-state index < -0.39 is 0 Å². The SMILES string of the molecule is CC(NC1CCN(C)C1=O)C1CCCC1. The van der Waals surface area contributed by atoms with E-state index >= 15 is 0 Å². The number of likely N-dealkylation sites (N-methyl/N-ethyl adjacent to an activating group) is 1. The van der Waals surface area contributed by atoms with Crippen LogP contribution in [0.15, 0.2) is 0 Å². The number of hydrogen-bond acceptors (Lipinski definition) is 2. The molecule has 1 saturated carbocycles. The van der Waals surface area contributed by atoms with Crippen LogP contribution in [0.3, 0.4) is 0 Å². The Labute approximate surface area is 92.2 Å². The van der Waals surface area contributed by atoms with E-state index in [4.69, 9.17) is 0 Å². The zero-order chi connectivity index (χ0) is 10.8. The number of carbonyl (C=O) groups excluding carboxylic acids is 1. The number of nitrogens with one attached hydrogen (secondary N) is 1. The first-order chi connectivity index (χ1) is 7.18. The smallest absolute Gasteiger partial charge is 0.239 e. The lowest BCUT2D eigenvalue weighted by Gasteiger charge is -2.23. The zero-order valence-corrected chi connectivity index (χ0v) is 9.83. The lowest BCUT2D eigenvalue weighted by atomic mass is 9.99. The van der Waals surface area contributed by atoms with Crippen LogP contribution in [-0.2, 0) is 4.79 Å². The summed E-state index contributed by atoms with van der Waals surface area (Å²) in [5.41, 5.74) is 0. The number of hydrogen-bond donors (Lipinski definition) is 1. The molecule has 0 bridgehead atoms. The molecule has 0 aromatic rings. The lowest BCUT2D eigenvalue weighted by molar-refractivity contribution is -0.128. The molecular weight excluding hydrogens is 188 g/mol. The van der Waals surface area contributed by atoms with E-state index in [0.717, 1.165) is 18.9 Å². The van der Waals surface area contributed by atoms with Crippen molar-refractivity contribution in [3.05, 3.63) is 0 Å². The van der Waals surface area contributed by atoms with Crippen LogP contribution in [0.1, 0.15) is 39.0 Å². The molecule has 1 heterocycles. The minimum Gasteiger partial charge on any atom is -0.344 e. The van der Waals surface area contributed by atoms with E-state index in [1.54, 1.807) is 0 Å². The molecule has 15 heavy (non-hydrogen) atoms. The minimum atomic E-state index is 0.0885. The van der Waals surface area contributed by atoms with Crippen molar-refractivity contribution in [1.29, 1.82) is 0 Å². The van der Waals surface area contributed by atoms with Gasteiger partial charge in [0.15, 0.2) is 0 Å². The molecule has 0 radical (unpaired) electrons. The van der Waals surface area contributed by atoms with Crippen LogP contribution in [-0.4, -0.2) is 36.5 Å². The summed E-state index contributed by atoms with van der Waals surface area (Å²) in [4.78, 5) is 13.6. The minimum absolute atomic E-state index is 0.0885. The molecule has 1 N–H and O–H groups in total. The third-order valence-corrected chi connectivity index (χ3v) is 4.00. The molecule has 3 nitrogen and oxygen atoms in total. The molecule has 1 saturated heterocycles. The number of carbonyl (C=O) groups is 1.